The van der Waals surface area contributed by atoms with Crippen LogP contribution in [0.15, 0.2) is 60.8 Å². The highest BCUT2D eigenvalue weighted by molar-refractivity contribution is 6.30. The lowest BCUT2D eigenvalue weighted by molar-refractivity contribution is 0.176. The predicted molar refractivity (Wildman–Crippen MR) is 98.9 cm³/mol. The fourth-order valence-electron chi connectivity index (χ4n) is 2.91. The van der Waals surface area contributed by atoms with Gasteiger partial charge in [-0.3, -0.25) is 0 Å². The van der Waals surface area contributed by atoms with E-state index in [1.54, 1.807) is 18.3 Å². The van der Waals surface area contributed by atoms with Crippen molar-refractivity contribution >= 4 is 23.2 Å². The minimum Gasteiger partial charge on any atom is -0.485 e. The van der Waals surface area contributed by atoms with Gasteiger partial charge in [0.25, 0.3) is 0 Å². The zero-order chi connectivity index (χ0) is 17.2. The Kier molecular flexibility index (Phi) is 4.51. The number of ether oxygens (including phenoxy) is 2. The van der Waals surface area contributed by atoms with Crippen LogP contribution in [-0.4, -0.2) is 4.98 Å². The van der Waals surface area contributed by atoms with E-state index in [1.807, 2.05) is 42.5 Å². The van der Waals surface area contributed by atoms with Gasteiger partial charge < -0.3 is 9.47 Å². The molecule has 0 saturated carbocycles. The Morgan fingerprint density at radius 3 is 2.72 bits per heavy atom. The number of rotatable bonds is 3. The van der Waals surface area contributed by atoms with Crippen LogP contribution in [0.25, 0.3) is 0 Å². The quantitative estimate of drug-likeness (QED) is 0.545. The molecule has 1 aromatic heterocycles. The van der Waals surface area contributed by atoms with Crippen molar-refractivity contribution in [2.24, 2.45) is 0 Å². The van der Waals surface area contributed by atoms with Crippen molar-refractivity contribution in [1.29, 1.82) is 0 Å². The van der Waals surface area contributed by atoms with Crippen molar-refractivity contribution < 1.29 is 9.47 Å². The van der Waals surface area contributed by atoms with E-state index in [4.69, 9.17) is 32.7 Å². The summed E-state index contributed by atoms with van der Waals surface area (Å²) in [4.78, 5) is 4.15. The summed E-state index contributed by atoms with van der Waals surface area (Å²) in [6.07, 6.45) is 3.40. The van der Waals surface area contributed by atoms with Crippen LogP contribution in [0.1, 0.15) is 23.7 Å². The Morgan fingerprint density at radius 1 is 1.00 bits per heavy atom. The molecule has 1 aliphatic heterocycles. The van der Waals surface area contributed by atoms with Crippen LogP contribution in [0.3, 0.4) is 0 Å². The summed E-state index contributed by atoms with van der Waals surface area (Å²) in [5.41, 5.74) is 2.23. The summed E-state index contributed by atoms with van der Waals surface area (Å²) in [7, 11) is 0. The monoisotopic (exact) mass is 371 g/mol. The molecule has 0 saturated heterocycles. The minimum atomic E-state index is 0.0240. The SMILES string of the molecule is Clc1ccc(Oc2ccc3c(c2)CCC(c2cccc(Cl)c2)O3)nc1. The zero-order valence-electron chi connectivity index (χ0n) is 13.3. The predicted octanol–water partition coefficient (Wildman–Crippen LogP) is 6.25. The van der Waals surface area contributed by atoms with E-state index in [1.165, 1.54) is 0 Å². The van der Waals surface area contributed by atoms with Gasteiger partial charge in [-0.2, -0.15) is 0 Å². The molecule has 3 nitrogen and oxygen atoms in total. The van der Waals surface area contributed by atoms with E-state index in [2.05, 4.69) is 4.98 Å². The Balaban J connectivity index is 1.52. The first-order valence-corrected chi connectivity index (χ1v) is 8.77. The minimum absolute atomic E-state index is 0.0240. The molecule has 0 fully saturated rings. The van der Waals surface area contributed by atoms with Crippen molar-refractivity contribution in [3.63, 3.8) is 0 Å². The molecule has 5 heteroatoms. The van der Waals surface area contributed by atoms with E-state index < -0.39 is 0 Å². The number of aromatic nitrogens is 1. The van der Waals surface area contributed by atoms with Crippen molar-refractivity contribution in [2.45, 2.75) is 18.9 Å². The van der Waals surface area contributed by atoms with Gasteiger partial charge in [-0.1, -0.05) is 35.3 Å². The molecule has 0 radical (unpaired) electrons. The molecule has 0 aliphatic carbocycles. The van der Waals surface area contributed by atoms with Gasteiger partial charge in [0.15, 0.2) is 0 Å². The maximum absolute atomic E-state index is 6.15. The van der Waals surface area contributed by atoms with Crippen LogP contribution in [0.4, 0.5) is 0 Å². The summed E-state index contributed by atoms with van der Waals surface area (Å²) >= 11 is 11.9. The Morgan fingerprint density at radius 2 is 1.92 bits per heavy atom. The van der Waals surface area contributed by atoms with E-state index in [9.17, 15) is 0 Å². The number of fused-ring (bicyclic) bond motifs is 1. The lowest BCUT2D eigenvalue weighted by atomic mass is 9.97. The van der Waals surface area contributed by atoms with Gasteiger partial charge in [-0.05, 0) is 60.4 Å². The first-order chi connectivity index (χ1) is 12.2. The summed E-state index contributed by atoms with van der Waals surface area (Å²) < 4.78 is 11.9. The van der Waals surface area contributed by atoms with Crippen LogP contribution in [0, 0.1) is 0 Å². The molecule has 0 N–H and O–H groups in total. The standard InChI is InChI=1S/C20H15Cl2NO2/c21-15-3-1-2-13(10-15)18-7-4-14-11-17(6-8-19(14)25-18)24-20-9-5-16(22)12-23-20/h1-3,5-6,8-12,18H,4,7H2. The fraction of sp³-hybridized carbons (Fsp3) is 0.150. The first-order valence-electron chi connectivity index (χ1n) is 8.02. The molecular weight excluding hydrogens is 357 g/mol. The number of hydrogen-bond donors (Lipinski definition) is 0. The fourth-order valence-corrected chi connectivity index (χ4v) is 3.22. The molecule has 1 aliphatic rings. The third-order valence-corrected chi connectivity index (χ3v) is 4.58. The highest BCUT2D eigenvalue weighted by Crippen LogP contribution is 2.37. The second-order valence-electron chi connectivity index (χ2n) is 5.89. The number of hydrogen-bond acceptors (Lipinski definition) is 3. The summed E-state index contributed by atoms with van der Waals surface area (Å²) in [6, 6.07) is 17.1. The topological polar surface area (TPSA) is 31.4 Å². The van der Waals surface area contributed by atoms with Crippen LogP contribution < -0.4 is 9.47 Å². The molecule has 1 unspecified atom stereocenters. The highest BCUT2D eigenvalue weighted by Gasteiger charge is 2.22. The average molecular weight is 372 g/mol. The van der Waals surface area contributed by atoms with Gasteiger partial charge in [0.2, 0.25) is 5.88 Å². The molecule has 0 bridgehead atoms. The third-order valence-electron chi connectivity index (χ3n) is 4.12. The van der Waals surface area contributed by atoms with Gasteiger partial charge in [-0.15, -0.1) is 0 Å². The average Bonchev–Trinajstić information content (AvgIpc) is 2.63. The van der Waals surface area contributed by atoms with E-state index in [0.717, 1.165) is 40.5 Å². The second kappa shape index (κ2) is 6.95. The second-order valence-corrected chi connectivity index (χ2v) is 6.76. The largest absolute Gasteiger partial charge is 0.485 e. The van der Waals surface area contributed by atoms with Gasteiger partial charge in [-0.25, -0.2) is 4.98 Å². The zero-order valence-corrected chi connectivity index (χ0v) is 14.8. The number of aryl methyl sites for hydroxylation is 1. The van der Waals surface area contributed by atoms with Crippen LogP contribution in [-0.2, 0) is 6.42 Å². The van der Waals surface area contributed by atoms with E-state index >= 15 is 0 Å². The number of pyridine rings is 1. The first kappa shape index (κ1) is 16.2. The molecule has 2 aromatic carbocycles. The van der Waals surface area contributed by atoms with Crippen LogP contribution >= 0.6 is 23.2 Å². The van der Waals surface area contributed by atoms with Gasteiger partial charge in [0.1, 0.15) is 17.6 Å². The maximum atomic E-state index is 6.15. The molecule has 25 heavy (non-hydrogen) atoms. The summed E-state index contributed by atoms with van der Waals surface area (Å²) in [5.74, 6) is 2.13. The normalized spacial score (nSPS) is 16.0. The molecule has 0 amide bonds. The van der Waals surface area contributed by atoms with Crippen molar-refractivity contribution in [2.75, 3.05) is 0 Å². The summed E-state index contributed by atoms with van der Waals surface area (Å²) in [5, 5.41) is 1.31. The maximum Gasteiger partial charge on any atom is 0.219 e. The Labute approximate surface area is 156 Å². The smallest absolute Gasteiger partial charge is 0.219 e. The van der Waals surface area contributed by atoms with Gasteiger partial charge in [0.05, 0.1) is 5.02 Å². The van der Waals surface area contributed by atoms with Crippen LogP contribution in [0.2, 0.25) is 10.0 Å². The van der Waals surface area contributed by atoms with E-state index in [0.29, 0.717) is 10.9 Å². The van der Waals surface area contributed by atoms with Crippen molar-refractivity contribution in [3.05, 3.63) is 82.0 Å². The van der Waals surface area contributed by atoms with Gasteiger partial charge >= 0.3 is 0 Å². The molecule has 4 rings (SSSR count). The molecular formula is C20H15Cl2NO2. The molecule has 3 aromatic rings. The molecule has 126 valence electrons. The molecule has 0 spiro atoms. The Bertz CT molecular complexity index is 896. The van der Waals surface area contributed by atoms with E-state index in [-0.39, 0.29) is 6.10 Å². The number of halogens is 2. The third kappa shape index (κ3) is 3.73. The van der Waals surface area contributed by atoms with Crippen LogP contribution in [0.5, 0.6) is 17.4 Å². The highest BCUT2D eigenvalue weighted by atomic mass is 35.5. The van der Waals surface area contributed by atoms with Gasteiger partial charge in [0, 0.05) is 17.3 Å². The molecule has 2 heterocycles. The Hall–Kier alpha value is -2.23. The number of benzene rings is 2. The summed E-state index contributed by atoms with van der Waals surface area (Å²) in [6.45, 7) is 0. The lowest BCUT2D eigenvalue weighted by Crippen LogP contribution is -2.15. The van der Waals surface area contributed by atoms with Crippen molar-refractivity contribution in [3.8, 4) is 17.4 Å². The number of nitrogens with zero attached hydrogens (tertiary/aromatic N) is 1. The lowest BCUT2D eigenvalue weighted by Gasteiger charge is -2.27. The van der Waals surface area contributed by atoms with Crippen molar-refractivity contribution in [1.82, 2.24) is 4.98 Å². The molecule has 1 atom stereocenters.